The average Bonchev–Trinajstić information content (AvgIpc) is 2.99. The lowest BCUT2D eigenvalue weighted by Gasteiger charge is -2.21. The molecule has 0 aromatic carbocycles. The van der Waals surface area contributed by atoms with Crippen LogP contribution in [0.25, 0.3) is 0 Å². The zero-order valence-corrected chi connectivity index (χ0v) is 13.1. The molecule has 0 aliphatic carbocycles. The van der Waals surface area contributed by atoms with Gasteiger partial charge in [0.2, 0.25) is 0 Å². The standard InChI is InChI=1S/C15H26N2OS/c1-12(2)7-16-8-13-6-15(18-10-13)9-17(3)14-4-5-19-11-14/h6,10,12,14,16H,4-5,7-9,11H2,1-3H3. The van der Waals surface area contributed by atoms with E-state index in [0.29, 0.717) is 5.92 Å². The van der Waals surface area contributed by atoms with Crippen LogP contribution in [0.3, 0.4) is 0 Å². The minimum atomic E-state index is 0.692. The van der Waals surface area contributed by atoms with Gasteiger partial charge in [0.05, 0.1) is 12.8 Å². The van der Waals surface area contributed by atoms with Crippen LogP contribution in [0.2, 0.25) is 0 Å². The number of rotatable bonds is 7. The Bertz CT molecular complexity index is 372. The molecule has 3 nitrogen and oxygen atoms in total. The first-order valence-corrected chi connectivity index (χ1v) is 8.35. The maximum absolute atomic E-state index is 5.66. The number of nitrogens with zero attached hydrogens (tertiary/aromatic N) is 1. The van der Waals surface area contributed by atoms with Crippen molar-refractivity contribution in [2.75, 3.05) is 25.1 Å². The quantitative estimate of drug-likeness (QED) is 0.832. The second-order valence-corrected chi connectivity index (χ2v) is 7.03. The summed E-state index contributed by atoms with van der Waals surface area (Å²) >= 11 is 2.06. The van der Waals surface area contributed by atoms with E-state index in [0.717, 1.165) is 31.4 Å². The Morgan fingerprint density at radius 1 is 1.53 bits per heavy atom. The lowest BCUT2D eigenvalue weighted by molar-refractivity contribution is 0.234. The maximum Gasteiger partial charge on any atom is 0.118 e. The zero-order valence-electron chi connectivity index (χ0n) is 12.3. The second kappa shape index (κ2) is 7.36. The van der Waals surface area contributed by atoms with Gasteiger partial charge in [0, 0.05) is 23.9 Å². The topological polar surface area (TPSA) is 28.4 Å². The zero-order chi connectivity index (χ0) is 13.7. The minimum Gasteiger partial charge on any atom is -0.468 e. The largest absolute Gasteiger partial charge is 0.468 e. The summed E-state index contributed by atoms with van der Waals surface area (Å²) in [5.74, 6) is 4.34. The van der Waals surface area contributed by atoms with Crippen molar-refractivity contribution in [2.45, 2.75) is 39.4 Å². The van der Waals surface area contributed by atoms with E-state index in [9.17, 15) is 0 Å². The van der Waals surface area contributed by atoms with Crippen LogP contribution in [0.1, 0.15) is 31.6 Å². The Morgan fingerprint density at radius 3 is 3.05 bits per heavy atom. The molecule has 0 spiro atoms. The Balaban J connectivity index is 1.76. The summed E-state index contributed by atoms with van der Waals surface area (Å²) in [4.78, 5) is 2.42. The van der Waals surface area contributed by atoms with Crippen LogP contribution < -0.4 is 5.32 Å². The molecule has 0 saturated carbocycles. The SMILES string of the molecule is CC(C)CNCc1coc(CN(C)C2CCSC2)c1. The second-order valence-electron chi connectivity index (χ2n) is 5.88. The summed E-state index contributed by atoms with van der Waals surface area (Å²) in [6, 6.07) is 2.91. The third-order valence-electron chi connectivity index (χ3n) is 3.52. The molecule has 1 fully saturated rings. The molecule has 4 heteroatoms. The predicted octanol–water partition coefficient (Wildman–Crippen LogP) is 2.96. The molecule has 108 valence electrons. The van der Waals surface area contributed by atoms with Gasteiger partial charge in [0.1, 0.15) is 5.76 Å². The van der Waals surface area contributed by atoms with Crippen molar-refractivity contribution in [3.8, 4) is 0 Å². The third-order valence-corrected chi connectivity index (χ3v) is 4.67. The lowest BCUT2D eigenvalue weighted by atomic mass is 10.2. The number of nitrogens with one attached hydrogen (secondary N) is 1. The van der Waals surface area contributed by atoms with Crippen LogP contribution in [0.5, 0.6) is 0 Å². The van der Waals surface area contributed by atoms with Crippen LogP contribution in [-0.4, -0.2) is 36.0 Å². The van der Waals surface area contributed by atoms with E-state index in [1.54, 1.807) is 0 Å². The molecule has 0 amide bonds. The smallest absolute Gasteiger partial charge is 0.118 e. The molecule has 1 N–H and O–H groups in total. The molecule has 1 aromatic heterocycles. The summed E-state index contributed by atoms with van der Waals surface area (Å²) in [5, 5.41) is 3.45. The molecule has 1 saturated heterocycles. The van der Waals surface area contributed by atoms with Gasteiger partial charge < -0.3 is 9.73 Å². The highest BCUT2D eigenvalue weighted by molar-refractivity contribution is 7.99. The van der Waals surface area contributed by atoms with Gasteiger partial charge in [-0.15, -0.1) is 0 Å². The summed E-state index contributed by atoms with van der Waals surface area (Å²) in [7, 11) is 2.20. The van der Waals surface area contributed by atoms with E-state index >= 15 is 0 Å². The van der Waals surface area contributed by atoms with Gasteiger partial charge in [0.25, 0.3) is 0 Å². The highest BCUT2D eigenvalue weighted by Crippen LogP contribution is 2.23. The number of thioether (sulfide) groups is 1. The Morgan fingerprint density at radius 2 is 2.37 bits per heavy atom. The summed E-state index contributed by atoms with van der Waals surface area (Å²) in [5.41, 5.74) is 1.25. The number of hydrogen-bond donors (Lipinski definition) is 1. The maximum atomic E-state index is 5.66. The molecular formula is C15H26N2OS. The van der Waals surface area contributed by atoms with E-state index in [1.165, 1.54) is 23.5 Å². The molecule has 1 aliphatic heterocycles. The van der Waals surface area contributed by atoms with Gasteiger partial charge in [-0.05, 0) is 37.8 Å². The molecule has 0 radical (unpaired) electrons. The van der Waals surface area contributed by atoms with Gasteiger partial charge >= 0.3 is 0 Å². The van der Waals surface area contributed by atoms with Gasteiger partial charge in [-0.1, -0.05) is 13.8 Å². The predicted molar refractivity (Wildman–Crippen MR) is 82.4 cm³/mol. The first-order chi connectivity index (χ1) is 9.15. The fourth-order valence-corrected chi connectivity index (χ4v) is 3.65. The average molecular weight is 282 g/mol. The number of furan rings is 1. The molecule has 19 heavy (non-hydrogen) atoms. The monoisotopic (exact) mass is 282 g/mol. The Labute approximate surface area is 121 Å². The van der Waals surface area contributed by atoms with E-state index in [2.05, 4.69) is 48.9 Å². The van der Waals surface area contributed by atoms with Gasteiger partial charge in [-0.2, -0.15) is 11.8 Å². The van der Waals surface area contributed by atoms with Crippen LogP contribution >= 0.6 is 11.8 Å². The van der Waals surface area contributed by atoms with Gasteiger partial charge in [-0.25, -0.2) is 0 Å². The van der Waals surface area contributed by atoms with Crippen molar-refractivity contribution in [2.24, 2.45) is 5.92 Å². The fraction of sp³-hybridized carbons (Fsp3) is 0.733. The summed E-state index contributed by atoms with van der Waals surface area (Å²) in [6.45, 7) is 7.34. The van der Waals surface area contributed by atoms with E-state index in [1.807, 2.05) is 6.26 Å². The Kier molecular flexibility index (Phi) is 5.79. The van der Waals surface area contributed by atoms with Crippen molar-refractivity contribution in [3.05, 3.63) is 23.7 Å². The number of hydrogen-bond acceptors (Lipinski definition) is 4. The van der Waals surface area contributed by atoms with E-state index < -0.39 is 0 Å². The first kappa shape index (κ1) is 14.9. The molecule has 0 bridgehead atoms. The van der Waals surface area contributed by atoms with Gasteiger partial charge in [0.15, 0.2) is 0 Å². The summed E-state index contributed by atoms with van der Waals surface area (Å²) < 4.78 is 5.66. The van der Waals surface area contributed by atoms with Crippen molar-refractivity contribution in [3.63, 3.8) is 0 Å². The fourth-order valence-electron chi connectivity index (χ4n) is 2.35. The van der Waals surface area contributed by atoms with Crippen LogP contribution in [0.4, 0.5) is 0 Å². The van der Waals surface area contributed by atoms with E-state index in [4.69, 9.17) is 4.42 Å². The van der Waals surface area contributed by atoms with Crippen LogP contribution in [0, 0.1) is 5.92 Å². The van der Waals surface area contributed by atoms with Crippen molar-refractivity contribution in [1.29, 1.82) is 0 Å². The molecular weight excluding hydrogens is 256 g/mol. The van der Waals surface area contributed by atoms with E-state index in [-0.39, 0.29) is 0 Å². The minimum absolute atomic E-state index is 0.692. The van der Waals surface area contributed by atoms with Crippen molar-refractivity contribution < 1.29 is 4.42 Å². The normalized spacial score (nSPS) is 19.7. The third kappa shape index (κ3) is 4.86. The highest BCUT2D eigenvalue weighted by atomic mass is 32.2. The van der Waals surface area contributed by atoms with Crippen molar-refractivity contribution >= 4 is 11.8 Å². The molecule has 1 aliphatic rings. The molecule has 1 aromatic rings. The van der Waals surface area contributed by atoms with Gasteiger partial charge in [-0.3, -0.25) is 4.90 Å². The van der Waals surface area contributed by atoms with Crippen LogP contribution in [0.15, 0.2) is 16.7 Å². The Hall–Kier alpha value is -0.450. The molecule has 2 rings (SSSR count). The molecule has 1 unspecified atom stereocenters. The van der Waals surface area contributed by atoms with Crippen molar-refractivity contribution in [1.82, 2.24) is 10.2 Å². The highest BCUT2D eigenvalue weighted by Gasteiger charge is 2.20. The lowest BCUT2D eigenvalue weighted by Crippen LogP contribution is -2.30. The van der Waals surface area contributed by atoms with Crippen LogP contribution in [-0.2, 0) is 13.1 Å². The first-order valence-electron chi connectivity index (χ1n) is 7.20. The molecule has 1 atom stereocenters. The molecule has 2 heterocycles. The summed E-state index contributed by atoms with van der Waals surface area (Å²) in [6.07, 6.45) is 3.20.